The Hall–Kier alpha value is -2.89. The lowest BCUT2D eigenvalue weighted by Gasteiger charge is -2.06. The molecule has 0 fully saturated rings. The minimum Gasteiger partial charge on any atom is -0.462 e. The standard InChI is InChI=1S/C22H28N4O2/c1-3-5-6-7-8-11-15-28-22(27)18-19-21(26(14-4-2)20(18)23)25-17-13-10-9-12-16(17)24-19/h4,9-10,12-13H,2-3,5-8,11,14-15,23H2,1H3. The van der Waals surface area contributed by atoms with Crippen molar-refractivity contribution in [2.75, 3.05) is 12.3 Å². The van der Waals surface area contributed by atoms with E-state index in [1.807, 2.05) is 24.3 Å². The topological polar surface area (TPSA) is 83.0 Å². The normalized spacial score (nSPS) is 11.2. The van der Waals surface area contributed by atoms with E-state index in [1.165, 1.54) is 25.7 Å². The van der Waals surface area contributed by atoms with Gasteiger partial charge in [0.15, 0.2) is 5.65 Å². The maximum atomic E-state index is 12.8. The summed E-state index contributed by atoms with van der Waals surface area (Å²) in [5, 5.41) is 0. The molecule has 0 aliphatic rings. The van der Waals surface area contributed by atoms with Crippen molar-refractivity contribution in [3.05, 3.63) is 42.5 Å². The lowest BCUT2D eigenvalue weighted by atomic mass is 10.1. The first-order valence-electron chi connectivity index (χ1n) is 9.99. The summed E-state index contributed by atoms with van der Waals surface area (Å²) in [6, 6.07) is 7.56. The van der Waals surface area contributed by atoms with E-state index in [9.17, 15) is 4.79 Å². The van der Waals surface area contributed by atoms with Gasteiger partial charge in [0, 0.05) is 6.54 Å². The van der Waals surface area contributed by atoms with E-state index in [0.29, 0.717) is 35.7 Å². The number of anilines is 1. The zero-order valence-corrected chi connectivity index (χ0v) is 16.5. The average Bonchev–Trinajstić information content (AvgIpc) is 2.96. The highest BCUT2D eigenvalue weighted by Crippen LogP contribution is 2.28. The van der Waals surface area contributed by atoms with Crippen LogP contribution in [0.5, 0.6) is 0 Å². The van der Waals surface area contributed by atoms with Crippen LogP contribution in [0.2, 0.25) is 0 Å². The summed E-state index contributed by atoms with van der Waals surface area (Å²) in [4.78, 5) is 22.1. The molecule has 0 bridgehead atoms. The summed E-state index contributed by atoms with van der Waals surface area (Å²) >= 11 is 0. The van der Waals surface area contributed by atoms with Crippen LogP contribution in [-0.4, -0.2) is 27.1 Å². The molecule has 0 radical (unpaired) electrons. The number of rotatable bonds is 10. The predicted octanol–water partition coefficient (Wildman–Crippen LogP) is 4.87. The molecule has 3 aromatic rings. The third kappa shape index (κ3) is 4.16. The van der Waals surface area contributed by atoms with Gasteiger partial charge in [-0.3, -0.25) is 0 Å². The Morgan fingerprint density at radius 2 is 1.82 bits per heavy atom. The van der Waals surface area contributed by atoms with Gasteiger partial charge in [0.05, 0.1) is 17.6 Å². The van der Waals surface area contributed by atoms with Crippen molar-refractivity contribution in [1.82, 2.24) is 14.5 Å². The molecule has 0 aliphatic carbocycles. The van der Waals surface area contributed by atoms with Crippen LogP contribution < -0.4 is 5.73 Å². The van der Waals surface area contributed by atoms with E-state index in [4.69, 9.17) is 10.5 Å². The largest absolute Gasteiger partial charge is 0.462 e. The van der Waals surface area contributed by atoms with E-state index < -0.39 is 5.97 Å². The monoisotopic (exact) mass is 380 g/mol. The minimum atomic E-state index is -0.441. The van der Waals surface area contributed by atoms with Crippen molar-refractivity contribution in [3.8, 4) is 0 Å². The summed E-state index contributed by atoms with van der Waals surface area (Å²) in [7, 11) is 0. The number of esters is 1. The quantitative estimate of drug-likeness (QED) is 0.308. The number of fused-ring (bicyclic) bond motifs is 2. The molecule has 0 amide bonds. The van der Waals surface area contributed by atoms with Crippen molar-refractivity contribution >= 4 is 34.0 Å². The average molecular weight is 380 g/mol. The molecule has 3 rings (SSSR count). The molecule has 2 N–H and O–H groups in total. The number of ether oxygens (including phenoxy) is 1. The van der Waals surface area contributed by atoms with Crippen LogP contribution in [0.4, 0.5) is 5.82 Å². The third-order valence-corrected chi connectivity index (χ3v) is 4.84. The van der Waals surface area contributed by atoms with Crippen LogP contribution in [0.1, 0.15) is 55.8 Å². The molecule has 2 heterocycles. The first-order chi connectivity index (χ1) is 13.7. The molecule has 0 unspecified atom stereocenters. The fourth-order valence-corrected chi connectivity index (χ4v) is 3.35. The number of nitrogens with two attached hydrogens (primary N) is 1. The van der Waals surface area contributed by atoms with E-state index in [0.717, 1.165) is 23.9 Å². The first kappa shape index (κ1) is 19.9. The number of hydrogen-bond acceptors (Lipinski definition) is 5. The number of aromatic nitrogens is 3. The van der Waals surface area contributed by atoms with Gasteiger partial charge >= 0.3 is 5.97 Å². The van der Waals surface area contributed by atoms with Gasteiger partial charge in [0.2, 0.25) is 0 Å². The Bertz CT molecular complexity index is 977. The second-order valence-corrected chi connectivity index (χ2v) is 6.95. The number of carbonyl (C=O) groups is 1. The molecule has 28 heavy (non-hydrogen) atoms. The van der Waals surface area contributed by atoms with E-state index in [2.05, 4.69) is 23.5 Å². The molecule has 148 valence electrons. The van der Waals surface area contributed by atoms with Crippen LogP contribution in [0.15, 0.2) is 36.9 Å². The first-order valence-corrected chi connectivity index (χ1v) is 9.99. The van der Waals surface area contributed by atoms with Crippen LogP contribution in [-0.2, 0) is 11.3 Å². The van der Waals surface area contributed by atoms with Gasteiger partial charge < -0.3 is 15.0 Å². The zero-order chi connectivity index (χ0) is 19.9. The summed E-state index contributed by atoms with van der Waals surface area (Å²) in [6.07, 6.45) is 8.52. The highest BCUT2D eigenvalue weighted by Gasteiger charge is 2.24. The van der Waals surface area contributed by atoms with E-state index in [-0.39, 0.29) is 0 Å². The van der Waals surface area contributed by atoms with Crippen molar-refractivity contribution in [3.63, 3.8) is 0 Å². The van der Waals surface area contributed by atoms with Gasteiger partial charge in [-0.1, -0.05) is 57.2 Å². The Kier molecular flexibility index (Phi) is 6.63. The Morgan fingerprint density at radius 3 is 2.54 bits per heavy atom. The van der Waals surface area contributed by atoms with Gasteiger partial charge in [-0.2, -0.15) is 0 Å². The van der Waals surface area contributed by atoms with Crippen LogP contribution in [0.25, 0.3) is 22.2 Å². The fourth-order valence-electron chi connectivity index (χ4n) is 3.35. The van der Waals surface area contributed by atoms with Crippen molar-refractivity contribution in [2.24, 2.45) is 0 Å². The summed E-state index contributed by atoms with van der Waals surface area (Å²) in [5.74, 6) is -0.124. The Morgan fingerprint density at radius 1 is 1.14 bits per heavy atom. The van der Waals surface area contributed by atoms with Crippen LogP contribution in [0.3, 0.4) is 0 Å². The van der Waals surface area contributed by atoms with E-state index in [1.54, 1.807) is 10.6 Å². The molecule has 1 aromatic carbocycles. The molecular formula is C22H28N4O2. The fraction of sp³-hybridized carbons (Fsp3) is 0.409. The van der Waals surface area contributed by atoms with Gasteiger partial charge in [0.25, 0.3) is 0 Å². The number of para-hydroxylation sites is 2. The maximum Gasteiger partial charge on any atom is 0.344 e. The number of hydrogen-bond donors (Lipinski definition) is 1. The molecule has 6 nitrogen and oxygen atoms in total. The van der Waals surface area contributed by atoms with Gasteiger partial charge in [-0.25, -0.2) is 14.8 Å². The maximum absolute atomic E-state index is 12.8. The summed E-state index contributed by atoms with van der Waals surface area (Å²) in [5.41, 5.74) is 9.10. The van der Waals surface area contributed by atoms with Gasteiger partial charge in [-0.15, -0.1) is 6.58 Å². The smallest absolute Gasteiger partial charge is 0.344 e. The second-order valence-electron chi connectivity index (χ2n) is 6.95. The van der Waals surface area contributed by atoms with Gasteiger partial charge in [0.1, 0.15) is 16.9 Å². The zero-order valence-electron chi connectivity index (χ0n) is 16.5. The highest BCUT2D eigenvalue weighted by molar-refractivity contribution is 6.08. The number of benzene rings is 1. The molecule has 0 spiro atoms. The Balaban J connectivity index is 1.83. The lowest BCUT2D eigenvalue weighted by molar-refractivity contribution is 0.0501. The number of unbranched alkanes of at least 4 members (excludes halogenated alkanes) is 5. The molecule has 2 aromatic heterocycles. The lowest BCUT2D eigenvalue weighted by Crippen LogP contribution is -2.10. The molecule has 0 aliphatic heterocycles. The molecule has 6 heteroatoms. The van der Waals surface area contributed by atoms with E-state index >= 15 is 0 Å². The SMILES string of the molecule is C=CCn1c(N)c(C(=O)OCCCCCCCC)c2nc3ccccc3nc21. The van der Waals surface area contributed by atoms with Crippen LogP contribution in [0, 0.1) is 0 Å². The molecule has 0 saturated carbocycles. The predicted molar refractivity (Wildman–Crippen MR) is 113 cm³/mol. The number of carbonyl (C=O) groups excluding carboxylic acids is 1. The van der Waals surface area contributed by atoms with Crippen molar-refractivity contribution in [1.29, 1.82) is 0 Å². The second kappa shape index (κ2) is 9.35. The minimum absolute atomic E-state index is 0.293. The highest BCUT2D eigenvalue weighted by atomic mass is 16.5. The van der Waals surface area contributed by atoms with Gasteiger partial charge in [-0.05, 0) is 18.6 Å². The number of allylic oxidation sites excluding steroid dienone is 1. The molecule has 0 atom stereocenters. The Labute approximate surface area is 165 Å². The summed E-state index contributed by atoms with van der Waals surface area (Å²) in [6.45, 7) is 6.80. The number of nitrogens with zero attached hydrogens (tertiary/aromatic N) is 3. The molecule has 0 saturated heterocycles. The number of nitrogen functional groups attached to an aromatic ring is 1. The third-order valence-electron chi connectivity index (χ3n) is 4.84. The van der Waals surface area contributed by atoms with Crippen LogP contribution >= 0.6 is 0 Å². The summed E-state index contributed by atoms with van der Waals surface area (Å²) < 4.78 is 7.25. The van der Waals surface area contributed by atoms with Crippen molar-refractivity contribution in [2.45, 2.75) is 52.0 Å². The molecular weight excluding hydrogens is 352 g/mol. The van der Waals surface area contributed by atoms with Crippen molar-refractivity contribution < 1.29 is 9.53 Å².